The first-order valence-electron chi connectivity index (χ1n) is 25.0. The summed E-state index contributed by atoms with van der Waals surface area (Å²) in [4.78, 5) is 24.9. The molecule has 0 saturated carbocycles. The number of esters is 2. The number of hydrogen-bond acceptors (Lipinski definition) is 13. The monoisotopic (exact) mass is 875 g/mol. The number of carbonyl (C=O) groups excluding carboxylic acids is 2. The molecule has 13 heteroatoms. The van der Waals surface area contributed by atoms with Gasteiger partial charge in [-0.15, -0.1) is 0 Å². The molecule has 0 spiro atoms. The Morgan fingerprint density at radius 3 is 0.869 bits per heavy atom. The summed E-state index contributed by atoms with van der Waals surface area (Å²) in [7, 11) is 0. The van der Waals surface area contributed by atoms with Gasteiger partial charge in [-0.05, 0) is 12.8 Å². The third-order valence-electron chi connectivity index (χ3n) is 12.4. The fraction of sp³-hybridized carbons (Fsp3) is 0.958. The molecular weight excluding hydrogens is 785 g/mol. The van der Waals surface area contributed by atoms with E-state index < -0.39 is 86.6 Å². The van der Waals surface area contributed by atoms with Crippen molar-refractivity contribution in [1.29, 1.82) is 0 Å². The van der Waals surface area contributed by atoms with Crippen LogP contribution in [0.3, 0.4) is 0 Å². The standard InChI is InChI=1S/C48H90O13/c1-3-5-7-9-11-13-15-17-19-21-23-25-27-29-31-33-39(49)57-35-37-41(51)43(53)45(55)47(59-37)61-48-46(56)44(54)42(52)38(60-48)36-58-40(50)34-32-30-28-26-24-22-20-18-16-14-12-10-8-6-4-2/h37-38,41-48,51-56H,3-36H2,1-2H3/t37-,38+,41-,42+,43+,44-,45-,46+,47-,48+. The van der Waals surface area contributed by atoms with Crippen LogP contribution in [0.4, 0.5) is 0 Å². The SMILES string of the molecule is CCCCCCCCCCCCCCCCCC(=O)OC[C@@H]1O[C@@H](O[C@H]2O[C@H](COC(=O)CCCCCCCCCCCCCCCCC)[C@@H](O)[C@H](O)[C@H]2O)[C@@H](O)[C@H](O)[C@H]1O. The van der Waals surface area contributed by atoms with Gasteiger partial charge >= 0.3 is 11.9 Å². The molecule has 10 atom stereocenters. The minimum Gasteiger partial charge on any atom is -0.463 e. The van der Waals surface area contributed by atoms with Gasteiger partial charge in [-0.3, -0.25) is 9.59 Å². The minimum absolute atomic E-state index is 0.194. The number of unbranched alkanes of at least 4 members (excludes halogenated alkanes) is 28. The Labute approximate surface area is 369 Å². The Morgan fingerprint density at radius 1 is 0.361 bits per heavy atom. The molecule has 13 nitrogen and oxygen atoms in total. The average Bonchev–Trinajstić information content (AvgIpc) is 3.25. The van der Waals surface area contributed by atoms with Gasteiger partial charge in [-0.2, -0.15) is 0 Å². The Balaban J connectivity index is 1.61. The van der Waals surface area contributed by atoms with Gasteiger partial charge < -0.3 is 54.3 Å². The lowest BCUT2D eigenvalue weighted by atomic mass is 9.98. The summed E-state index contributed by atoms with van der Waals surface area (Å²) in [5.74, 6) is -0.965. The molecule has 360 valence electrons. The van der Waals surface area contributed by atoms with E-state index in [1.807, 2.05) is 0 Å². The van der Waals surface area contributed by atoms with Gasteiger partial charge in [0.05, 0.1) is 0 Å². The molecule has 2 fully saturated rings. The molecule has 2 aliphatic heterocycles. The van der Waals surface area contributed by atoms with Gasteiger partial charge in [0, 0.05) is 12.8 Å². The normalized spacial score (nSPS) is 26.7. The zero-order chi connectivity index (χ0) is 44.5. The maximum absolute atomic E-state index is 12.5. The molecule has 0 aromatic rings. The number of aliphatic hydroxyl groups excluding tert-OH is 6. The van der Waals surface area contributed by atoms with Crippen LogP contribution in [0.15, 0.2) is 0 Å². The predicted molar refractivity (Wildman–Crippen MR) is 235 cm³/mol. The van der Waals surface area contributed by atoms with Gasteiger partial charge in [-0.1, -0.05) is 194 Å². The zero-order valence-corrected chi connectivity index (χ0v) is 38.4. The first-order chi connectivity index (χ1) is 29.6. The summed E-state index contributed by atoms with van der Waals surface area (Å²) in [5.41, 5.74) is 0. The molecule has 2 heterocycles. The molecule has 0 radical (unpaired) electrons. The highest BCUT2D eigenvalue weighted by Gasteiger charge is 2.50. The van der Waals surface area contributed by atoms with Crippen molar-refractivity contribution in [3.05, 3.63) is 0 Å². The maximum atomic E-state index is 12.5. The molecule has 6 N–H and O–H groups in total. The van der Waals surface area contributed by atoms with Crippen molar-refractivity contribution in [2.24, 2.45) is 0 Å². The van der Waals surface area contributed by atoms with E-state index in [1.54, 1.807) is 0 Å². The largest absolute Gasteiger partial charge is 0.463 e. The number of aliphatic hydroxyl groups is 6. The molecule has 0 bridgehead atoms. The van der Waals surface area contributed by atoms with E-state index in [9.17, 15) is 40.2 Å². The molecule has 61 heavy (non-hydrogen) atoms. The zero-order valence-electron chi connectivity index (χ0n) is 38.4. The number of ether oxygens (including phenoxy) is 5. The van der Waals surface area contributed by atoms with Crippen molar-refractivity contribution in [2.75, 3.05) is 13.2 Å². The van der Waals surface area contributed by atoms with Crippen LogP contribution in [-0.4, -0.2) is 117 Å². The lowest BCUT2D eigenvalue weighted by molar-refractivity contribution is -0.376. The van der Waals surface area contributed by atoms with Crippen LogP contribution in [0.1, 0.15) is 219 Å². The summed E-state index contributed by atoms with van der Waals surface area (Å²) in [6.07, 6.45) is 20.5. The van der Waals surface area contributed by atoms with Crippen LogP contribution in [0, 0.1) is 0 Å². The second-order valence-corrected chi connectivity index (χ2v) is 17.9. The molecule has 0 aromatic carbocycles. The lowest BCUT2D eigenvalue weighted by Crippen LogP contribution is -2.64. The van der Waals surface area contributed by atoms with Crippen molar-refractivity contribution in [3.8, 4) is 0 Å². The highest BCUT2D eigenvalue weighted by molar-refractivity contribution is 5.69. The molecule has 2 aliphatic rings. The van der Waals surface area contributed by atoms with Gasteiger partial charge in [-0.25, -0.2) is 0 Å². The van der Waals surface area contributed by atoms with E-state index in [4.69, 9.17) is 23.7 Å². The van der Waals surface area contributed by atoms with Crippen LogP contribution in [-0.2, 0) is 33.3 Å². The summed E-state index contributed by atoms with van der Waals surface area (Å²) in [6, 6.07) is 0. The number of carbonyl (C=O) groups is 2. The van der Waals surface area contributed by atoms with Gasteiger partial charge in [0.2, 0.25) is 0 Å². The highest BCUT2D eigenvalue weighted by atomic mass is 16.8. The second kappa shape index (κ2) is 35.9. The van der Waals surface area contributed by atoms with Crippen LogP contribution < -0.4 is 0 Å². The topological polar surface area (TPSA) is 202 Å². The quantitative estimate of drug-likeness (QED) is 0.0256. The van der Waals surface area contributed by atoms with Crippen molar-refractivity contribution in [3.63, 3.8) is 0 Å². The lowest BCUT2D eigenvalue weighted by Gasteiger charge is -2.44. The van der Waals surface area contributed by atoms with E-state index in [0.29, 0.717) is 12.8 Å². The van der Waals surface area contributed by atoms with Crippen molar-refractivity contribution >= 4 is 11.9 Å². The van der Waals surface area contributed by atoms with Crippen LogP contribution in [0.25, 0.3) is 0 Å². The van der Waals surface area contributed by atoms with Crippen LogP contribution in [0.5, 0.6) is 0 Å². The summed E-state index contributed by atoms with van der Waals surface area (Å²) in [6.45, 7) is 3.65. The van der Waals surface area contributed by atoms with E-state index in [2.05, 4.69) is 13.8 Å². The predicted octanol–water partition coefficient (Wildman–Crippen LogP) is 8.23. The number of hydrogen-bond donors (Lipinski definition) is 6. The summed E-state index contributed by atoms with van der Waals surface area (Å²) < 4.78 is 27.6. The fourth-order valence-corrected chi connectivity index (χ4v) is 8.24. The molecule has 2 saturated heterocycles. The van der Waals surface area contributed by atoms with E-state index in [-0.39, 0.29) is 12.8 Å². The molecule has 2 rings (SSSR count). The third kappa shape index (κ3) is 25.0. The van der Waals surface area contributed by atoms with Crippen LogP contribution in [0.2, 0.25) is 0 Å². The van der Waals surface area contributed by atoms with Crippen molar-refractivity contribution < 1.29 is 63.9 Å². The maximum Gasteiger partial charge on any atom is 0.305 e. The van der Waals surface area contributed by atoms with E-state index in [0.717, 1.165) is 38.5 Å². The molecule has 0 amide bonds. The Morgan fingerprint density at radius 2 is 0.607 bits per heavy atom. The highest BCUT2D eigenvalue weighted by Crippen LogP contribution is 2.29. The molecule has 0 aromatic heterocycles. The Bertz CT molecular complexity index is 985. The van der Waals surface area contributed by atoms with Gasteiger partial charge in [0.15, 0.2) is 12.6 Å². The van der Waals surface area contributed by atoms with Crippen LogP contribution >= 0.6 is 0 Å². The smallest absolute Gasteiger partial charge is 0.305 e. The first kappa shape index (κ1) is 55.7. The van der Waals surface area contributed by atoms with Crippen molar-refractivity contribution in [2.45, 2.75) is 281 Å². The fourth-order valence-electron chi connectivity index (χ4n) is 8.24. The van der Waals surface area contributed by atoms with E-state index >= 15 is 0 Å². The number of rotatable bonds is 38. The molecular formula is C48H90O13. The minimum atomic E-state index is -1.80. The Hall–Kier alpha value is -1.42. The molecule has 0 aliphatic carbocycles. The van der Waals surface area contributed by atoms with Gasteiger partial charge in [0.1, 0.15) is 62.0 Å². The first-order valence-corrected chi connectivity index (χ1v) is 25.0. The van der Waals surface area contributed by atoms with E-state index in [1.165, 1.54) is 141 Å². The molecule has 0 unspecified atom stereocenters. The summed E-state index contributed by atoms with van der Waals surface area (Å²) >= 11 is 0. The van der Waals surface area contributed by atoms with Gasteiger partial charge in [0.25, 0.3) is 0 Å². The second-order valence-electron chi connectivity index (χ2n) is 17.9. The Kier molecular flexibility index (Phi) is 32.8. The summed E-state index contributed by atoms with van der Waals surface area (Å²) in [5, 5.41) is 63.5. The third-order valence-corrected chi connectivity index (χ3v) is 12.4. The van der Waals surface area contributed by atoms with Crippen molar-refractivity contribution in [1.82, 2.24) is 0 Å². The average molecular weight is 875 g/mol.